The molecule has 1 aromatic rings. The van der Waals surface area contributed by atoms with Gasteiger partial charge in [-0.2, -0.15) is 0 Å². The number of nitrogens with zero attached hydrogens (tertiary/aromatic N) is 4. The first kappa shape index (κ1) is 15.7. The zero-order valence-corrected chi connectivity index (χ0v) is 13.9. The molecule has 1 aromatic heterocycles. The van der Waals surface area contributed by atoms with Gasteiger partial charge in [0.1, 0.15) is 0 Å². The number of nitrogens with two attached hydrogens (primary N) is 1. The quantitative estimate of drug-likeness (QED) is 0.836. The number of hydrogen-bond donors (Lipinski definition) is 1. The first-order chi connectivity index (χ1) is 10.8. The zero-order chi connectivity index (χ0) is 15.4. The molecule has 0 spiro atoms. The van der Waals surface area contributed by atoms with Gasteiger partial charge in [-0.1, -0.05) is 0 Å². The van der Waals surface area contributed by atoms with E-state index in [9.17, 15) is 0 Å². The van der Waals surface area contributed by atoms with Crippen LogP contribution in [-0.2, 0) is 12.8 Å². The summed E-state index contributed by atoms with van der Waals surface area (Å²) in [5.74, 6) is 0.958. The summed E-state index contributed by atoms with van der Waals surface area (Å²) >= 11 is 0. The predicted octanol–water partition coefficient (Wildman–Crippen LogP) is 1.52. The summed E-state index contributed by atoms with van der Waals surface area (Å²) in [6.45, 7) is 8.45. The van der Waals surface area contributed by atoms with Crippen LogP contribution in [0.25, 0.3) is 0 Å². The van der Waals surface area contributed by atoms with Gasteiger partial charge < -0.3 is 10.6 Å². The number of aryl methyl sites for hydroxylation is 2. The minimum Gasteiger partial charge on any atom is -0.338 e. The number of hydrogen-bond acceptors (Lipinski definition) is 5. The van der Waals surface area contributed by atoms with Crippen LogP contribution in [0.5, 0.6) is 0 Å². The van der Waals surface area contributed by atoms with Crippen molar-refractivity contribution >= 4 is 5.95 Å². The summed E-state index contributed by atoms with van der Waals surface area (Å²) in [5, 5.41) is 0. The van der Waals surface area contributed by atoms with Crippen LogP contribution in [0.3, 0.4) is 0 Å². The first-order valence-electron chi connectivity index (χ1n) is 8.81. The van der Waals surface area contributed by atoms with Gasteiger partial charge in [-0.3, -0.25) is 4.90 Å². The van der Waals surface area contributed by atoms with Gasteiger partial charge in [0.25, 0.3) is 0 Å². The molecule has 2 N–H and O–H groups in total. The molecule has 0 aromatic carbocycles. The Morgan fingerprint density at radius 1 is 1.00 bits per heavy atom. The third-order valence-electron chi connectivity index (χ3n) is 4.96. The first-order valence-corrected chi connectivity index (χ1v) is 8.81. The van der Waals surface area contributed by atoms with Crippen molar-refractivity contribution < 1.29 is 0 Å². The summed E-state index contributed by atoms with van der Waals surface area (Å²) in [6.07, 6.45) is 7.20. The standard InChI is InChI=1S/C17H29N5/c1-14-15-6-2-3-7-16(15)20-17(19-14)22-12-10-21(11-13-22)9-5-4-8-18/h2-13,18H2,1H3. The highest BCUT2D eigenvalue weighted by molar-refractivity contribution is 5.38. The van der Waals surface area contributed by atoms with Gasteiger partial charge in [0.2, 0.25) is 5.95 Å². The Kier molecular flexibility index (Phi) is 5.26. The molecule has 1 fully saturated rings. The van der Waals surface area contributed by atoms with E-state index in [1.165, 1.54) is 42.8 Å². The number of anilines is 1. The second-order valence-corrected chi connectivity index (χ2v) is 6.57. The summed E-state index contributed by atoms with van der Waals surface area (Å²) in [6, 6.07) is 0. The van der Waals surface area contributed by atoms with Crippen molar-refractivity contribution in [3.8, 4) is 0 Å². The molecule has 1 aliphatic carbocycles. The van der Waals surface area contributed by atoms with Crippen LogP contribution < -0.4 is 10.6 Å². The number of unbranched alkanes of at least 4 members (excludes halogenated alkanes) is 1. The van der Waals surface area contributed by atoms with Gasteiger partial charge >= 0.3 is 0 Å². The van der Waals surface area contributed by atoms with E-state index in [0.717, 1.165) is 57.9 Å². The molecule has 3 rings (SSSR count). The van der Waals surface area contributed by atoms with E-state index in [4.69, 9.17) is 15.7 Å². The molecule has 2 heterocycles. The van der Waals surface area contributed by atoms with Crippen molar-refractivity contribution in [1.82, 2.24) is 14.9 Å². The van der Waals surface area contributed by atoms with Crippen molar-refractivity contribution in [3.05, 3.63) is 17.0 Å². The molecule has 1 aliphatic heterocycles. The van der Waals surface area contributed by atoms with Gasteiger partial charge in [-0.25, -0.2) is 9.97 Å². The van der Waals surface area contributed by atoms with Gasteiger partial charge in [0.05, 0.1) is 0 Å². The fraction of sp³-hybridized carbons (Fsp3) is 0.765. The molecule has 0 unspecified atom stereocenters. The Bertz CT molecular complexity index is 494. The van der Waals surface area contributed by atoms with E-state index < -0.39 is 0 Å². The van der Waals surface area contributed by atoms with Gasteiger partial charge in [-0.15, -0.1) is 0 Å². The van der Waals surface area contributed by atoms with E-state index in [-0.39, 0.29) is 0 Å². The average Bonchev–Trinajstić information content (AvgIpc) is 2.56. The lowest BCUT2D eigenvalue weighted by molar-refractivity contribution is 0.252. The van der Waals surface area contributed by atoms with Crippen LogP contribution in [-0.4, -0.2) is 54.1 Å². The van der Waals surface area contributed by atoms with Crippen LogP contribution in [0.15, 0.2) is 0 Å². The third-order valence-corrected chi connectivity index (χ3v) is 4.96. The molecule has 1 saturated heterocycles. The lowest BCUT2D eigenvalue weighted by atomic mass is 9.95. The topological polar surface area (TPSA) is 58.3 Å². The Morgan fingerprint density at radius 2 is 1.77 bits per heavy atom. The molecule has 0 amide bonds. The maximum atomic E-state index is 5.57. The van der Waals surface area contributed by atoms with Gasteiger partial charge in [0, 0.05) is 37.6 Å². The second kappa shape index (κ2) is 7.38. The lowest BCUT2D eigenvalue weighted by Gasteiger charge is -2.35. The van der Waals surface area contributed by atoms with Crippen molar-refractivity contribution in [2.45, 2.75) is 45.4 Å². The monoisotopic (exact) mass is 303 g/mol. The summed E-state index contributed by atoms with van der Waals surface area (Å²) in [7, 11) is 0. The maximum Gasteiger partial charge on any atom is 0.225 e. The average molecular weight is 303 g/mol. The SMILES string of the molecule is Cc1nc(N2CCN(CCCCN)CC2)nc2c1CCCC2. The van der Waals surface area contributed by atoms with Gasteiger partial charge in [0.15, 0.2) is 0 Å². The molecule has 0 radical (unpaired) electrons. The molecular formula is C17H29N5. The fourth-order valence-corrected chi connectivity index (χ4v) is 3.56. The minimum atomic E-state index is 0.808. The van der Waals surface area contributed by atoms with E-state index in [1.54, 1.807) is 0 Å². The number of piperazine rings is 1. The highest BCUT2D eigenvalue weighted by Gasteiger charge is 2.21. The van der Waals surface area contributed by atoms with Crippen molar-refractivity contribution in [3.63, 3.8) is 0 Å². The summed E-state index contributed by atoms with van der Waals surface area (Å²) in [4.78, 5) is 14.6. The molecule has 0 saturated carbocycles. The molecule has 0 bridgehead atoms. The van der Waals surface area contributed by atoms with E-state index in [0.29, 0.717) is 0 Å². The summed E-state index contributed by atoms with van der Waals surface area (Å²) in [5.41, 5.74) is 9.49. The number of rotatable bonds is 5. The summed E-state index contributed by atoms with van der Waals surface area (Å²) < 4.78 is 0. The predicted molar refractivity (Wildman–Crippen MR) is 90.4 cm³/mol. The highest BCUT2D eigenvalue weighted by atomic mass is 15.3. The largest absolute Gasteiger partial charge is 0.338 e. The molecule has 122 valence electrons. The molecule has 22 heavy (non-hydrogen) atoms. The van der Waals surface area contributed by atoms with Crippen molar-refractivity contribution in [2.75, 3.05) is 44.2 Å². The van der Waals surface area contributed by atoms with Crippen LogP contribution in [0.1, 0.15) is 42.6 Å². The van der Waals surface area contributed by atoms with E-state index in [1.807, 2.05) is 0 Å². The molecule has 0 atom stereocenters. The van der Waals surface area contributed by atoms with Crippen molar-refractivity contribution in [1.29, 1.82) is 0 Å². The van der Waals surface area contributed by atoms with E-state index in [2.05, 4.69) is 16.7 Å². The van der Waals surface area contributed by atoms with Crippen LogP contribution in [0.4, 0.5) is 5.95 Å². The second-order valence-electron chi connectivity index (χ2n) is 6.57. The Labute approximate surface area is 133 Å². The smallest absolute Gasteiger partial charge is 0.225 e. The minimum absolute atomic E-state index is 0.808. The molecular weight excluding hydrogens is 274 g/mol. The fourth-order valence-electron chi connectivity index (χ4n) is 3.56. The van der Waals surface area contributed by atoms with Crippen LogP contribution in [0.2, 0.25) is 0 Å². The Hall–Kier alpha value is -1.20. The van der Waals surface area contributed by atoms with Crippen LogP contribution in [0, 0.1) is 6.92 Å². The van der Waals surface area contributed by atoms with Crippen LogP contribution >= 0.6 is 0 Å². The highest BCUT2D eigenvalue weighted by Crippen LogP contribution is 2.24. The molecule has 5 heteroatoms. The maximum absolute atomic E-state index is 5.57. The zero-order valence-electron chi connectivity index (χ0n) is 13.9. The molecule has 5 nitrogen and oxygen atoms in total. The number of aromatic nitrogens is 2. The Balaban J connectivity index is 1.60. The third kappa shape index (κ3) is 3.58. The lowest BCUT2D eigenvalue weighted by Crippen LogP contribution is -2.47. The normalized spacial score (nSPS) is 19.3. The number of fused-ring (bicyclic) bond motifs is 1. The van der Waals surface area contributed by atoms with E-state index >= 15 is 0 Å². The van der Waals surface area contributed by atoms with Crippen molar-refractivity contribution in [2.24, 2.45) is 5.73 Å². The Morgan fingerprint density at radius 3 is 2.55 bits per heavy atom. The van der Waals surface area contributed by atoms with Gasteiger partial charge in [-0.05, 0) is 64.1 Å². The molecule has 2 aliphatic rings.